The van der Waals surface area contributed by atoms with E-state index in [0.29, 0.717) is 18.2 Å². The van der Waals surface area contributed by atoms with Crippen LogP contribution in [0.3, 0.4) is 0 Å². The normalized spacial score (nSPS) is 11.5. The fourth-order valence-corrected chi connectivity index (χ4v) is 3.24. The largest absolute Gasteiger partial charge is 0.494 e. The van der Waals surface area contributed by atoms with Crippen LogP contribution < -0.4 is 4.74 Å². The molecular weight excluding hydrogens is 264 g/mol. The zero-order chi connectivity index (χ0) is 14.0. The fourth-order valence-electron chi connectivity index (χ4n) is 1.83. The highest BCUT2D eigenvalue weighted by Gasteiger charge is 2.19. The third kappa shape index (κ3) is 2.49. The van der Waals surface area contributed by atoms with Gasteiger partial charge >= 0.3 is 0 Å². The second-order valence-corrected chi connectivity index (χ2v) is 5.95. The van der Waals surface area contributed by atoms with Gasteiger partial charge in [-0.05, 0) is 44.5 Å². The van der Waals surface area contributed by atoms with Gasteiger partial charge in [0, 0.05) is 12.4 Å². The van der Waals surface area contributed by atoms with Gasteiger partial charge in [0.1, 0.15) is 11.6 Å². The van der Waals surface area contributed by atoms with Crippen molar-refractivity contribution in [3.63, 3.8) is 0 Å². The SMILES string of the molecule is CCOc1ccc(S(=O)(=O)n2ccnc2C)cc1C. The molecule has 0 fully saturated rings. The summed E-state index contributed by atoms with van der Waals surface area (Å²) < 4.78 is 31.4. The molecule has 5 nitrogen and oxygen atoms in total. The topological polar surface area (TPSA) is 61.2 Å². The van der Waals surface area contributed by atoms with E-state index in [1.807, 2.05) is 13.8 Å². The van der Waals surface area contributed by atoms with Gasteiger partial charge in [-0.1, -0.05) is 0 Å². The van der Waals surface area contributed by atoms with Crippen molar-refractivity contribution in [3.05, 3.63) is 42.0 Å². The van der Waals surface area contributed by atoms with Gasteiger partial charge in [-0.3, -0.25) is 0 Å². The van der Waals surface area contributed by atoms with Crippen molar-refractivity contribution in [1.82, 2.24) is 8.96 Å². The maximum Gasteiger partial charge on any atom is 0.269 e. The first-order valence-corrected chi connectivity index (χ1v) is 7.39. The van der Waals surface area contributed by atoms with Crippen LogP contribution in [-0.4, -0.2) is 24.0 Å². The molecule has 0 saturated heterocycles. The van der Waals surface area contributed by atoms with E-state index in [-0.39, 0.29) is 4.90 Å². The van der Waals surface area contributed by atoms with Gasteiger partial charge in [0.05, 0.1) is 11.5 Å². The van der Waals surface area contributed by atoms with Crippen molar-refractivity contribution in [2.75, 3.05) is 6.61 Å². The van der Waals surface area contributed by atoms with Crippen molar-refractivity contribution in [1.29, 1.82) is 0 Å². The highest BCUT2D eigenvalue weighted by Crippen LogP contribution is 2.23. The molecule has 0 N–H and O–H groups in total. The van der Waals surface area contributed by atoms with Crippen molar-refractivity contribution in [2.45, 2.75) is 25.7 Å². The molecule has 1 aromatic carbocycles. The summed E-state index contributed by atoms with van der Waals surface area (Å²) in [6.45, 7) is 5.91. The van der Waals surface area contributed by atoms with Crippen LogP contribution in [0.1, 0.15) is 18.3 Å². The van der Waals surface area contributed by atoms with E-state index < -0.39 is 10.0 Å². The van der Waals surface area contributed by atoms with Crippen LogP contribution in [-0.2, 0) is 10.0 Å². The van der Waals surface area contributed by atoms with Crippen molar-refractivity contribution in [3.8, 4) is 5.75 Å². The molecular formula is C13H16N2O3S. The molecule has 0 amide bonds. The zero-order valence-electron chi connectivity index (χ0n) is 11.1. The zero-order valence-corrected chi connectivity index (χ0v) is 11.9. The van der Waals surface area contributed by atoms with Gasteiger partial charge in [0.15, 0.2) is 0 Å². The Balaban J connectivity index is 2.48. The van der Waals surface area contributed by atoms with E-state index in [4.69, 9.17) is 4.74 Å². The van der Waals surface area contributed by atoms with E-state index in [9.17, 15) is 8.42 Å². The fraction of sp³-hybridized carbons (Fsp3) is 0.308. The second-order valence-electron chi connectivity index (χ2n) is 4.14. The lowest BCUT2D eigenvalue weighted by Crippen LogP contribution is -2.14. The van der Waals surface area contributed by atoms with Crippen LogP contribution in [0.25, 0.3) is 0 Å². The Morgan fingerprint density at radius 1 is 1.32 bits per heavy atom. The minimum absolute atomic E-state index is 0.231. The molecule has 1 aromatic heterocycles. The molecule has 19 heavy (non-hydrogen) atoms. The Morgan fingerprint density at radius 2 is 2.05 bits per heavy atom. The molecule has 2 rings (SSSR count). The number of aryl methyl sites for hydroxylation is 2. The lowest BCUT2D eigenvalue weighted by Gasteiger charge is -2.11. The summed E-state index contributed by atoms with van der Waals surface area (Å²) in [5, 5.41) is 0. The highest BCUT2D eigenvalue weighted by atomic mass is 32.2. The number of aromatic nitrogens is 2. The summed E-state index contributed by atoms with van der Waals surface area (Å²) in [7, 11) is -3.58. The van der Waals surface area contributed by atoms with Crippen LogP contribution in [0.5, 0.6) is 5.75 Å². The van der Waals surface area contributed by atoms with Crippen LogP contribution in [0.4, 0.5) is 0 Å². The Kier molecular flexibility index (Phi) is 3.61. The average molecular weight is 280 g/mol. The summed E-state index contributed by atoms with van der Waals surface area (Å²) >= 11 is 0. The van der Waals surface area contributed by atoms with E-state index in [0.717, 1.165) is 5.56 Å². The first-order chi connectivity index (χ1) is 8.96. The predicted octanol–water partition coefficient (Wildman–Crippen LogP) is 2.14. The standard InChI is InChI=1S/C13H16N2O3S/c1-4-18-13-6-5-12(9-10(13)2)19(16,17)15-8-7-14-11(15)3/h5-9H,4H2,1-3H3. The van der Waals surface area contributed by atoms with Crippen LogP contribution >= 0.6 is 0 Å². The highest BCUT2D eigenvalue weighted by molar-refractivity contribution is 7.90. The summed E-state index contributed by atoms with van der Waals surface area (Å²) in [5.74, 6) is 1.13. The number of hydrogen-bond acceptors (Lipinski definition) is 4. The Hall–Kier alpha value is -1.82. The molecule has 0 spiro atoms. The summed E-state index contributed by atoms with van der Waals surface area (Å²) in [5.41, 5.74) is 0.792. The van der Waals surface area contributed by atoms with Crippen LogP contribution in [0.15, 0.2) is 35.5 Å². The molecule has 0 aliphatic carbocycles. The van der Waals surface area contributed by atoms with Crippen molar-refractivity contribution >= 4 is 10.0 Å². The number of rotatable bonds is 4. The van der Waals surface area contributed by atoms with Gasteiger partial charge in [-0.15, -0.1) is 0 Å². The van der Waals surface area contributed by atoms with E-state index >= 15 is 0 Å². The predicted molar refractivity (Wildman–Crippen MR) is 71.9 cm³/mol. The number of benzene rings is 1. The summed E-state index contributed by atoms with van der Waals surface area (Å²) in [4.78, 5) is 4.17. The Morgan fingerprint density at radius 3 is 2.58 bits per heavy atom. The van der Waals surface area contributed by atoms with E-state index in [1.165, 1.54) is 16.4 Å². The van der Waals surface area contributed by atoms with Crippen LogP contribution in [0.2, 0.25) is 0 Å². The quantitative estimate of drug-likeness (QED) is 0.861. The van der Waals surface area contributed by atoms with Gasteiger partial charge in [-0.2, -0.15) is 0 Å². The molecule has 0 aliphatic heterocycles. The third-order valence-corrected chi connectivity index (χ3v) is 4.54. The van der Waals surface area contributed by atoms with E-state index in [1.54, 1.807) is 25.1 Å². The molecule has 0 unspecified atom stereocenters. The molecule has 0 radical (unpaired) electrons. The number of ether oxygens (including phenoxy) is 1. The molecule has 0 bridgehead atoms. The smallest absolute Gasteiger partial charge is 0.269 e. The maximum atomic E-state index is 12.4. The van der Waals surface area contributed by atoms with Gasteiger partial charge in [0.2, 0.25) is 0 Å². The van der Waals surface area contributed by atoms with Crippen molar-refractivity contribution in [2.24, 2.45) is 0 Å². The number of hydrogen-bond donors (Lipinski definition) is 0. The lowest BCUT2D eigenvalue weighted by atomic mass is 10.2. The maximum absolute atomic E-state index is 12.4. The molecule has 6 heteroatoms. The van der Waals surface area contributed by atoms with Crippen LogP contribution in [0, 0.1) is 13.8 Å². The first-order valence-electron chi connectivity index (χ1n) is 5.95. The number of imidazole rings is 1. The molecule has 0 aliphatic rings. The lowest BCUT2D eigenvalue weighted by molar-refractivity contribution is 0.337. The minimum atomic E-state index is -3.58. The first kappa shape index (κ1) is 13.6. The molecule has 0 atom stereocenters. The summed E-state index contributed by atoms with van der Waals surface area (Å²) in [6.07, 6.45) is 2.91. The van der Waals surface area contributed by atoms with Gasteiger partial charge in [-0.25, -0.2) is 17.4 Å². The van der Waals surface area contributed by atoms with Crippen molar-refractivity contribution < 1.29 is 13.2 Å². The molecule has 0 saturated carbocycles. The molecule has 1 heterocycles. The summed E-state index contributed by atoms with van der Waals surface area (Å²) in [6, 6.07) is 4.84. The monoisotopic (exact) mass is 280 g/mol. The molecule has 102 valence electrons. The average Bonchev–Trinajstić information content (AvgIpc) is 2.79. The minimum Gasteiger partial charge on any atom is -0.494 e. The van der Waals surface area contributed by atoms with Gasteiger partial charge in [0.25, 0.3) is 10.0 Å². The Bertz CT molecular complexity index is 690. The third-order valence-electron chi connectivity index (χ3n) is 2.79. The van der Waals surface area contributed by atoms with Gasteiger partial charge < -0.3 is 4.74 Å². The van der Waals surface area contributed by atoms with E-state index in [2.05, 4.69) is 4.98 Å². The molecule has 2 aromatic rings. The number of nitrogens with zero attached hydrogens (tertiary/aromatic N) is 2. The second kappa shape index (κ2) is 5.05. The Labute approximate surface area is 112 Å².